The molecule has 1 atom stereocenters. The van der Waals surface area contributed by atoms with E-state index in [0.29, 0.717) is 23.8 Å². The third-order valence-electron chi connectivity index (χ3n) is 5.58. The molecule has 0 spiro atoms. The summed E-state index contributed by atoms with van der Waals surface area (Å²) in [5, 5.41) is 18.2. The average molecular weight is 429 g/mol. The number of aromatic nitrogens is 6. The molecule has 1 aromatic carbocycles. The van der Waals surface area contributed by atoms with Crippen LogP contribution in [0.4, 0.5) is 5.69 Å². The molecule has 4 aromatic rings. The highest BCUT2D eigenvalue weighted by Crippen LogP contribution is 2.29. The molecule has 1 unspecified atom stereocenters. The van der Waals surface area contributed by atoms with Crippen LogP contribution in [0.1, 0.15) is 46.3 Å². The third-order valence-corrected chi connectivity index (χ3v) is 5.58. The summed E-state index contributed by atoms with van der Waals surface area (Å²) in [6.45, 7) is 0.463. The van der Waals surface area contributed by atoms with Crippen molar-refractivity contribution in [1.29, 1.82) is 0 Å². The fourth-order valence-corrected chi connectivity index (χ4v) is 4.02. The summed E-state index contributed by atoms with van der Waals surface area (Å²) in [6, 6.07) is 11.2. The molecule has 3 heterocycles. The first-order chi connectivity index (χ1) is 15.7. The van der Waals surface area contributed by atoms with E-state index < -0.39 is 0 Å². The number of anilines is 1. The zero-order valence-electron chi connectivity index (χ0n) is 17.7. The van der Waals surface area contributed by atoms with E-state index in [1.54, 1.807) is 12.4 Å². The van der Waals surface area contributed by atoms with Crippen molar-refractivity contribution in [3.8, 4) is 11.4 Å². The molecule has 3 N–H and O–H groups in total. The van der Waals surface area contributed by atoms with Crippen LogP contribution >= 0.6 is 0 Å². The molecule has 1 aliphatic rings. The molecule has 0 saturated carbocycles. The molecule has 1 aliphatic carbocycles. The van der Waals surface area contributed by atoms with Gasteiger partial charge in [-0.15, -0.1) is 0 Å². The molecule has 9 heteroatoms. The standard InChI is InChI=1S/C23H24N8O/c1-31-14-18-19(6-3-7-20(18)30-31)26-23(32)16-4-2-5-17(12-16)25-13-21-27-22(29-28-21)15-8-10-24-11-9-15/h2,4-5,8-12,14,19,25H,3,6-7,13H2,1H3,(H,26,32)(H,27,28,29). The van der Waals surface area contributed by atoms with Crippen LogP contribution in [0, 0.1) is 0 Å². The molecule has 3 aromatic heterocycles. The Hall–Kier alpha value is -4.01. The molecule has 0 radical (unpaired) electrons. The molecule has 1 amide bonds. The summed E-state index contributed by atoms with van der Waals surface area (Å²) in [6.07, 6.45) is 8.34. The average Bonchev–Trinajstić information content (AvgIpc) is 3.45. The van der Waals surface area contributed by atoms with Gasteiger partial charge < -0.3 is 10.6 Å². The second-order valence-corrected chi connectivity index (χ2v) is 7.90. The van der Waals surface area contributed by atoms with E-state index in [1.165, 1.54) is 0 Å². The van der Waals surface area contributed by atoms with Gasteiger partial charge in [-0.25, -0.2) is 4.98 Å². The number of benzene rings is 1. The van der Waals surface area contributed by atoms with E-state index in [-0.39, 0.29) is 11.9 Å². The van der Waals surface area contributed by atoms with Crippen LogP contribution in [0.5, 0.6) is 0 Å². The molecular weight excluding hydrogens is 404 g/mol. The summed E-state index contributed by atoms with van der Waals surface area (Å²) in [4.78, 5) is 21.4. The lowest BCUT2D eigenvalue weighted by molar-refractivity contribution is 0.0933. The highest BCUT2D eigenvalue weighted by molar-refractivity contribution is 5.95. The number of aryl methyl sites for hydroxylation is 2. The number of amides is 1. The number of hydrogen-bond acceptors (Lipinski definition) is 6. The summed E-state index contributed by atoms with van der Waals surface area (Å²) < 4.78 is 1.82. The second-order valence-electron chi connectivity index (χ2n) is 7.90. The minimum Gasteiger partial charge on any atom is -0.378 e. The molecule has 0 aliphatic heterocycles. The van der Waals surface area contributed by atoms with Gasteiger partial charge in [0.05, 0.1) is 18.3 Å². The van der Waals surface area contributed by atoms with Crippen molar-refractivity contribution in [2.45, 2.75) is 31.8 Å². The maximum absolute atomic E-state index is 12.9. The highest BCUT2D eigenvalue weighted by Gasteiger charge is 2.24. The number of aromatic amines is 1. The van der Waals surface area contributed by atoms with Crippen LogP contribution in [-0.2, 0) is 20.0 Å². The second kappa shape index (κ2) is 8.62. The van der Waals surface area contributed by atoms with Gasteiger partial charge in [0.1, 0.15) is 5.82 Å². The van der Waals surface area contributed by atoms with Crippen molar-refractivity contribution in [3.05, 3.63) is 77.6 Å². The van der Waals surface area contributed by atoms with E-state index in [1.807, 2.05) is 54.3 Å². The van der Waals surface area contributed by atoms with E-state index in [9.17, 15) is 4.79 Å². The van der Waals surface area contributed by atoms with Crippen LogP contribution in [-0.4, -0.2) is 35.9 Å². The zero-order chi connectivity index (χ0) is 21.9. The van der Waals surface area contributed by atoms with Crippen molar-refractivity contribution < 1.29 is 4.79 Å². The van der Waals surface area contributed by atoms with Crippen molar-refractivity contribution in [3.63, 3.8) is 0 Å². The highest BCUT2D eigenvalue weighted by atomic mass is 16.1. The predicted molar refractivity (Wildman–Crippen MR) is 120 cm³/mol. The summed E-state index contributed by atoms with van der Waals surface area (Å²) in [5.41, 5.74) is 4.56. The number of H-pyrrole nitrogens is 1. The molecular formula is C23H24N8O. The van der Waals surface area contributed by atoms with Crippen molar-refractivity contribution in [1.82, 2.24) is 35.3 Å². The molecule has 32 heavy (non-hydrogen) atoms. The van der Waals surface area contributed by atoms with Crippen LogP contribution in [0.3, 0.4) is 0 Å². The van der Waals surface area contributed by atoms with Gasteiger partial charge in [-0.3, -0.25) is 19.6 Å². The van der Waals surface area contributed by atoms with E-state index in [2.05, 4.69) is 35.9 Å². The van der Waals surface area contributed by atoms with E-state index >= 15 is 0 Å². The van der Waals surface area contributed by atoms with Crippen LogP contribution in [0.15, 0.2) is 55.0 Å². The lowest BCUT2D eigenvalue weighted by Crippen LogP contribution is -2.30. The van der Waals surface area contributed by atoms with Gasteiger partial charge in [0, 0.05) is 48.0 Å². The van der Waals surface area contributed by atoms with Gasteiger partial charge in [0.15, 0.2) is 5.82 Å². The SMILES string of the molecule is Cn1cc2c(n1)CCCC2NC(=O)c1cccc(NCc2nc(-c3ccncc3)n[nH]2)c1. The molecule has 5 rings (SSSR count). The number of carbonyl (C=O) groups excluding carboxylic acids is 1. The summed E-state index contributed by atoms with van der Waals surface area (Å²) >= 11 is 0. The Morgan fingerprint density at radius 1 is 1.25 bits per heavy atom. The van der Waals surface area contributed by atoms with Gasteiger partial charge in [0.25, 0.3) is 5.91 Å². The predicted octanol–water partition coefficient (Wildman–Crippen LogP) is 3.02. The van der Waals surface area contributed by atoms with Crippen LogP contribution in [0.2, 0.25) is 0 Å². The van der Waals surface area contributed by atoms with Crippen molar-refractivity contribution in [2.24, 2.45) is 7.05 Å². The van der Waals surface area contributed by atoms with Gasteiger partial charge in [-0.05, 0) is 49.6 Å². The Kier molecular flexibility index (Phi) is 5.37. The van der Waals surface area contributed by atoms with Crippen molar-refractivity contribution >= 4 is 11.6 Å². The minimum absolute atomic E-state index is 0.00244. The molecule has 9 nitrogen and oxygen atoms in total. The summed E-state index contributed by atoms with van der Waals surface area (Å²) in [7, 11) is 1.92. The Morgan fingerprint density at radius 3 is 3.00 bits per heavy atom. The van der Waals surface area contributed by atoms with Crippen LogP contribution < -0.4 is 10.6 Å². The first-order valence-electron chi connectivity index (χ1n) is 10.6. The number of carbonyl (C=O) groups is 1. The first-order valence-corrected chi connectivity index (χ1v) is 10.6. The molecule has 162 valence electrons. The normalized spacial score (nSPS) is 15.2. The smallest absolute Gasteiger partial charge is 0.251 e. The van der Waals surface area contributed by atoms with E-state index in [4.69, 9.17) is 0 Å². The number of rotatable bonds is 6. The number of hydrogen-bond donors (Lipinski definition) is 3. The molecule has 0 saturated heterocycles. The Morgan fingerprint density at radius 2 is 2.12 bits per heavy atom. The monoisotopic (exact) mass is 428 g/mol. The maximum Gasteiger partial charge on any atom is 0.251 e. The minimum atomic E-state index is -0.0880. The van der Waals surface area contributed by atoms with Gasteiger partial charge >= 0.3 is 0 Å². The fourth-order valence-electron chi connectivity index (χ4n) is 4.02. The fraction of sp³-hybridized carbons (Fsp3) is 0.261. The largest absolute Gasteiger partial charge is 0.378 e. The maximum atomic E-state index is 12.9. The summed E-state index contributed by atoms with van der Waals surface area (Å²) in [5.74, 6) is 1.24. The van der Waals surface area contributed by atoms with Crippen LogP contribution in [0.25, 0.3) is 11.4 Å². The molecule has 0 fully saturated rings. The number of nitrogens with one attached hydrogen (secondary N) is 3. The zero-order valence-corrected chi connectivity index (χ0v) is 17.7. The Labute approximate surface area is 185 Å². The number of pyridine rings is 1. The third kappa shape index (κ3) is 4.22. The lowest BCUT2D eigenvalue weighted by Gasteiger charge is -2.22. The Bertz CT molecular complexity index is 1230. The Balaban J connectivity index is 1.23. The lowest BCUT2D eigenvalue weighted by atomic mass is 9.93. The van der Waals surface area contributed by atoms with E-state index in [0.717, 1.165) is 41.8 Å². The van der Waals surface area contributed by atoms with Gasteiger partial charge in [0.2, 0.25) is 0 Å². The van der Waals surface area contributed by atoms with Gasteiger partial charge in [-0.2, -0.15) is 10.2 Å². The van der Waals surface area contributed by atoms with Gasteiger partial charge in [-0.1, -0.05) is 6.07 Å². The topological polar surface area (TPSA) is 113 Å². The molecule has 0 bridgehead atoms. The number of nitrogens with zero attached hydrogens (tertiary/aromatic N) is 5. The quantitative estimate of drug-likeness (QED) is 0.435. The number of fused-ring (bicyclic) bond motifs is 1. The van der Waals surface area contributed by atoms with Crippen molar-refractivity contribution in [2.75, 3.05) is 5.32 Å². The first kappa shape index (κ1) is 19.9.